The normalized spacial score (nSPS) is 11.2. The molecule has 0 aromatic heterocycles. The maximum Gasteiger partial charge on any atom is 0.271 e. The van der Waals surface area contributed by atoms with Crippen molar-refractivity contribution in [3.63, 3.8) is 0 Å². The summed E-state index contributed by atoms with van der Waals surface area (Å²) in [4.78, 5) is 12.4. The molecule has 9 heteroatoms. The van der Waals surface area contributed by atoms with Crippen LogP contribution in [0.3, 0.4) is 0 Å². The minimum absolute atomic E-state index is 0.0494. The fraction of sp³-hybridized carbons (Fsp3) is 0.130. The average molecular weight is 454 g/mol. The Balaban J connectivity index is 1.71. The zero-order valence-corrected chi connectivity index (χ0v) is 18.4. The first-order valence-corrected chi connectivity index (χ1v) is 11.2. The van der Waals surface area contributed by atoms with Crippen molar-refractivity contribution < 1.29 is 22.7 Å². The van der Waals surface area contributed by atoms with Gasteiger partial charge in [0.05, 0.1) is 24.8 Å². The van der Waals surface area contributed by atoms with Gasteiger partial charge in [-0.05, 0) is 61.5 Å². The first-order valence-electron chi connectivity index (χ1n) is 9.75. The summed E-state index contributed by atoms with van der Waals surface area (Å²) < 4.78 is 38.5. The number of rotatable bonds is 9. The van der Waals surface area contributed by atoms with Crippen molar-refractivity contribution in [3.8, 4) is 11.5 Å². The van der Waals surface area contributed by atoms with Crippen molar-refractivity contribution in [2.45, 2.75) is 11.8 Å². The Bertz CT molecular complexity index is 1210. The number of carbonyl (C=O) groups is 1. The zero-order chi connectivity index (χ0) is 23.0. The van der Waals surface area contributed by atoms with Crippen LogP contribution in [0.5, 0.6) is 11.5 Å². The predicted molar refractivity (Wildman–Crippen MR) is 123 cm³/mol. The van der Waals surface area contributed by atoms with Crippen LogP contribution < -0.4 is 19.6 Å². The summed E-state index contributed by atoms with van der Waals surface area (Å²) in [7, 11) is -2.36. The Labute approximate surface area is 186 Å². The van der Waals surface area contributed by atoms with Crippen molar-refractivity contribution in [3.05, 3.63) is 83.9 Å². The number of carbonyl (C=O) groups excluding carboxylic acids is 1. The second-order valence-corrected chi connectivity index (χ2v) is 8.21. The Morgan fingerprint density at radius 2 is 1.78 bits per heavy atom. The van der Waals surface area contributed by atoms with Gasteiger partial charge < -0.3 is 9.47 Å². The molecule has 32 heavy (non-hydrogen) atoms. The summed E-state index contributed by atoms with van der Waals surface area (Å²) in [6, 6.07) is 19.4. The Hall–Kier alpha value is -3.85. The van der Waals surface area contributed by atoms with Crippen LogP contribution >= 0.6 is 0 Å². The highest BCUT2D eigenvalue weighted by molar-refractivity contribution is 7.92. The molecule has 0 unspecified atom stereocenters. The number of ether oxygens (including phenoxy) is 2. The van der Waals surface area contributed by atoms with E-state index in [0.29, 0.717) is 29.4 Å². The van der Waals surface area contributed by atoms with E-state index >= 15 is 0 Å². The lowest BCUT2D eigenvalue weighted by Crippen LogP contribution is -2.19. The summed E-state index contributed by atoms with van der Waals surface area (Å²) >= 11 is 0. The maximum absolute atomic E-state index is 12.7. The molecule has 3 aromatic carbocycles. The lowest BCUT2D eigenvalue weighted by Gasteiger charge is -2.10. The number of amides is 1. The maximum atomic E-state index is 12.7. The van der Waals surface area contributed by atoms with Crippen molar-refractivity contribution >= 4 is 27.8 Å². The van der Waals surface area contributed by atoms with Crippen LogP contribution in [0, 0.1) is 0 Å². The van der Waals surface area contributed by atoms with E-state index in [9.17, 15) is 13.2 Å². The number of hydrogen-bond acceptors (Lipinski definition) is 6. The van der Waals surface area contributed by atoms with Gasteiger partial charge in [-0.25, -0.2) is 13.8 Å². The number of methoxy groups -OCH3 is 1. The molecular weight excluding hydrogens is 430 g/mol. The molecule has 0 saturated heterocycles. The second kappa shape index (κ2) is 10.5. The van der Waals surface area contributed by atoms with Gasteiger partial charge in [0.25, 0.3) is 15.9 Å². The van der Waals surface area contributed by atoms with Crippen LogP contribution in [0.15, 0.2) is 82.8 Å². The number of hydrazone groups is 1. The minimum atomic E-state index is -3.89. The summed E-state index contributed by atoms with van der Waals surface area (Å²) in [6.45, 7) is 2.38. The van der Waals surface area contributed by atoms with E-state index in [-0.39, 0.29) is 10.5 Å². The van der Waals surface area contributed by atoms with E-state index < -0.39 is 15.9 Å². The molecule has 1 amide bonds. The van der Waals surface area contributed by atoms with Crippen molar-refractivity contribution in [2.24, 2.45) is 5.10 Å². The molecule has 0 aliphatic carbocycles. The van der Waals surface area contributed by atoms with Gasteiger partial charge in [0.1, 0.15) is 11.5 Å². The molecular formula is C23H23N3O5S. The van der Waals surface area contributed by atoms with Crippen LogP contribution in [0.2, 0.25) is 0 Å². The average Bonchev–Trinajstić information content (AvgIpc) is 2.80. The van der Waals surface area contributed by atoms with Crippen LogP contribution in [0.1, 0.15) is 22.8 Å². The van der Waals surface area contributed by atoms with Gasteiger partial charge in [-0.3, -0.25) is 9.52 Å². The van der Waals surface area contributed by atoms with E-state index in [4.69, 9.17) is 9.47 Å². The molecule has 166 valence electrons. The topological polar surface area (TPSA) is 106 Å². The SMILES string of the molecule is CCOc1ccccc1C=NNC(=O)c1cccc(S(=O)(=O)Nc2ccc(OC)cc2)c1. The smallest absolute Gasteiger partial charge is 0.271 e. The molecule has 0 bridgehead atoms. The van der Waals surface area contributed by atoms with Gasteiger partial charge in [0.15, 0.2) is 0 Å². The molecule has 0 aliphatic rings. The van der Waals surface area contributed by atoms with Crippen LogP contribution in [0.25, 0.3) is 0 Å². The molecule has 8 nitrogen and oxygen atoms in total. The molecule has 3 rings (SSSR count). The predicted octanol–water partition coefficient (Wildman–Crippen LogP) is 3.66. The third kappa shape index (κ3) is 5.86. The molecule has 0 atom stereocenters. The summed E-state index contributed by atoms with van der Waals surface area (Å²) in [5, 5.41) is 3.96. The van der Waals surface area contributed by atoms with E-state index in [2.05, 4.69) is 15.2 Å². The van der Waals surface area contributed by atoms with Gasteiger partial charge in [0.2, 0.25) is 0 Å². The summed E-state index contributed by atoms with van der Waals surface area (Å²) in [6.07, 6.45) is 1.47. The fourth-order valence-corrected chi connectivity index (χ4v) is 3.88. The van der Waals surface area contributed by atoms with Gasteiger partial charge in [0, 0.05) is 16.8 Å². The van der Waals surface area contributed by atoms with E-state index in [1.54, 1.807) is 36.4 Å². The highest BCUT2D eigenvalue weighted by atomic mass is 32.2. The Morgan fingerprint density at radius 3 is 2.50 bits per heavy atom. The van der Waals surface area contributed by atoms with Crippen LogP contribution in [-0.2, 0) is 10.0 Å². The van der Waals surface area contributed by atoms with Crippen molar-refractivity contribution in [2.75, 3.05) is 18.4 Å². The summed E-state index contributed by atoms with van der Waals surface area (Å²) in [5.41, 5.74) is 3.63. The number of nitrogens with zero attached hydrogens (tertiary/aromatic N) is 1. The first-order chi connectivity index (χ1) is 15.4. The Morgan fingerprint density at radius 1 is 1.03 bits per heavy atom. The van der Waals surface area contributed by atoms with Gasteiger partial charge >= 0.3 is 0 Å². The zero-order valence-electron chi connectivity index (χ0n) is 17.6. The monoisotopic (exact) mass is 453 g/mol. The van der Waals surface area contributed by atoms with E-state index in [0.717, 1.165) is 0 Å². The quantitative estimate of drug-likeness (QED) is 0.380. The number of para-hydroxylation sites is 1. The highest BCUT2D eigenvalue weighted by Crippen LogP contribution is 2.20. The largest absolute Gasteiger partial charge is 0.497 e. The van der Waals surface area contributed by atoms with Gasteiger partial charge in [-0.1, -0.05) is 18.2 Å². The molecule has 0 radical (unpaired) electrons. The molecule has 3 aromatic rings. The number of benzene rings is 3. The lowest BCUT2D eigenvalue weighted by molar-refractivity contribution is 0.0955. The molecule has 0 fully saturated rings. The van der Waals surface area contributed by atoms with E-state index in [1.165, 1.54) is 37.6 Å². The lowest BCUT2D eigenvalue weighted by atomic mass is 10.2. The highest BCUT2D eigenvalue weighted by Gasteiger charge is 2.16. The summed E-state index contributed by atoms with van der Waals surface area (Å²) in [5.74, 6) is 0.707. The van der Waals surface area contributed by atoms with E-state index in [1.807, 2.05) is 19.1 Å². The van der Waals surface area contributed by atoms with Crippen molar-refractivity contribution in [1.82, 2.24) is 5.43 Å². The van der Waals surface area contributed by atoms with Gasteiger partial charge in [-0.15, -0.1) is 0 Å². The molecule has 0 saturated carbocycles. The van der Waals surface area contributed by atoms with Crippen molar-refractivity contribution in [1.29, 1.82) is 0 Å². The number of hydrogen-bond donors (Lipinski definition) is 2. The second-order valence-electron chi connectivity index (χ2n) is 6.53. The minimum Gasteiger partial charge on any atom is -0.497 e. The molecule has 2 N–H and O–H groups in total. The number of nitrogens with one attached hydrogen (secondary N) is 2. The standard InChI is InChI=1S/C23H23N3O5S/c1-3-31-22-10-5-4-7-18(22)16-24-25-23(27)17-8-6-9-21(15-17)32(28,29)26-19-11-13-20(30-2)14-12-19/h4-16,26H,3H2,1-2H3,(H,25,27). The first kappa shape index (κ1) is 22.8. The number of sulfonamides is 1. The van der Waals surface area contributed by atoms with Crippen LogP contribution in [0.4, 0.5) is 5.69 Å². The third-order valence-corrected chi connectivity index (χ3v) is 5.72. The molecule has 0 aliphatic heterocycles. The van der Waals surface area contributed by atoms with Crippen LogP contribution in [-0.4, -0.2) is 34.3 Å². The molecule has 0 spiro atoms. The Kier molecular flexibility index (Phi) is 7.45. The number of anilines is 1. The third-order valence-electron chi connectivity index (χ3n) is 4.34. The fourth-order valence-electron chi connectivity index (χ4n) is 2.78. The molecule has 0 heterocycles. The van der Waals surface area contributed by atoms with Gasteiger partial charge in [-0.2, -0.15) is 5.10 Å².